The van der Waals surface area contributed by atoms with Gasteiger partial charge >= 0.3 is 0 Å². The molecule has 0 bridgehead atoms. The lowest BCUT2D eigenvalue weighted by molar-refractivity contribution is -0.125. The first kappa shape index (κ1) is 14.1. The number of rotatable bonds is 5. The third-order valence-electron chi connectivity index (χ3n) is 2.16. The van der Waals surface area contributed by atoms with Gasteiger partial charge in [-0.1, -0.05) is 20.8 Å². The third kappa shape index (κ3) is 4.41. The lowest BCUT2D eigenvalue weighted by Crippen LogP contribution is -2.37. The second-order valence-electron chi connectivity index (χ2n) is 4.93. The Morgan fingerprint density at radius 1 is 1.65 bits per heavy atom. The van der Waals surface area contributed by atoms with Crippen molar-refractivity contribution in [1.29, 1.82) is 0 Å². The summed E-state index contributed by atoms with van der Waals surface area (Å²) < 4.78 is 0. The van der Waals surface area contributed by atoms with Crippen LogP contribution in [0.2, 0.25) is 0 Å². The Balaban J connectivity index is 2.43. The molecule has 0 aliphatic rings. The van der Waals surface area contributed by atoms with E-state index in [9.17, 15) is 9.90 Å². The monoisotopic (exact) mass is 257 g/mol. The van der Waals surface area contributed by atoms with Gasteiger partial charge in [0.2, 0.25) is 5.91 Å². The number of hydrogen-bond acceptors (Lipinski definition) is 5. The summed E-state index contributed by atoms with van der Waals surface area (Å²) in [6, 6.07) is 0. The summed E-state index contributed by atoms with van der Waals surface area (Å²) in [6.45, 7) is 7.08. The van der Waals surface area contributed by atoms with Crippen molar-refractivity contribution in [2.24, 2.45) is 5.73 Å². The molecule has 1 aromatic rings. The molecule has 0 radical (unpaired) electrons. The van der Waals surface area contributed by atoms with Crippen molar-refractivity contribution in [3.8, 4) is 0 Å². The standard InChI is InChI=1S/C11H19N3O2S/c1-11(2,3)10-14-5-7(17-10)4-13-6-8(15)9(12)16/h5,8,13,15H,4,6H2,1-3H3,(H2,12,16). The fourth-order valence-corrected chi connectivity index (χ4v) is 2.11. The number of carbonyl (C=O) groups is 1. The van der Waals surface area contributed by atoms with E-state index in [0.29, 0.717) is 6.54 Å². The number of aromatic nitrogens is 1. The maximum atomic E-state index is 10.6. The fraction of sp³-hybridized carbons (Fsp3) is 0.636. The Morgan fingerprint density at radius 3 is 2.76 bits per heavy atom. The van der Waals surface area contributed by atoms with E-state index in [4.69, 9.17) is 5.73 Å². The first-order chi connectivity index (χ1) is 7.80. The maximum Gasteiger partial charge on any atom is 0.247 e. The molecule has 0 spiro atoms. The number of nitrogens with two attached hydrogens (primary N) is 1. The number of aliphatic hydroxyl groups excluding tert-OH is 1. The molecule has 0 aromatic carbocycles. The van der Waals surface area contributed by atoms with Crippen LogP contribution in [0.5, 0.6) is 0 Å². The highest BCUT2D eigenvalue weighted by atomic mass is 32.1. The molecule has 1 heterocycles. The molecule has 0 fully saturated rings. The lowest BCUT2D eigenvalue weighted by atomic mass is 9.98. The van der Waals surface area contributed by atoms with Crippen LogP contribution in [-0.4, -0.2) is 28.6 Å². The van der Waals surface area contributed by atoms with Crippen LogP contribution in [0.1, 0.15) is 30.7 Å². The average molecular weight is 257 g/mol. The number of primary amides is 1. The summed E-state index contributed by atoms with van der Waals surface area (Å²) in [6.07, 6.45) is 0.680. The van der Waals surface area contributed by atoms with Crippen LogP contribution in [0.4, 0.5) is 0 Å². The number of nitrogens with one attached hydrogen (secondary N) is 1. The summed E-state index contributed by atoms with van der Waals surface area (Å²) in [5.74, 6) is -0.711. The average Bonchev–Trinajstić information content (AvgIpc) is 2.65. The lowest BCUT2D eigenvalue weighted by Gasteiger charge is -2.13. The molecule has 0 aliphatic heterocycles. The van der Waals surface area contributed by atoms with Crippen molar-refractivity contribution in [1.82, 2.24) is 10.3 Å². The van der Waals surface area contributed by atoms with E-state index in [1.165, 1.54) is 0 Å². The van der Waals surface area contributed by atoms with Crippen LogP contribution in [-0.2, 0) is 16.8 Å². The van der Waals surface area contributed by atoms with Crippen molar-refractivity contribution in [3.05, 3.63) is 16.1 Å². The molecule has 1 amide bonds. The van der Waals surface area contributed by atoms with Gasteiger partial charge in [0.05, 0.1) is 5.01 Å². The number of carbonyl (C=O) groups excluding carboxylic acids is 1. The predicted molar refractivity (Wildman–Crippen MR) is 67.7 cm³/mol. The minimum Gasteiger partial charge on any atom is -0.382 e. The zero-order valence-electron chi connectivity index (χ0n) is 10.4. The zero-order valence-corrected chi connectivity index (χ0v) is 11.2. The summed E-state index contributed by atoms with van der Waals surface area (Å²) >= 11 is 1.63. The largest absolute Gasteiger partial charge is 0.382 e. The van der Waals surface area contributed by atoms with E-state index >= 15 is 0 Å². The normalized spacial score (nSPS) is 13.6. The smallest absolute Gasteiger partial charge is 0.247 e. The Hall–Kier alpha value is -0.980. The second-order valence-corrected chi connectivity index (χ2v) is 6.05. The highest BCUT2D eigenvalue weighted by Gasteiger charge is 2.18. The number of hydrogen-bond donors (Lipinski definition) is 3. The van der Waals surface area contributed by atoms with E-state index < -0.39 is 12.0 Å². The predicted octanol–water partition coefficient (Wildman–Crippen LogP) is 0.376. The van der Waals surface area contributed by atoms with Crippen LogP contribution in [0.3, 0.4) is 0 Å². The Kier molecular flexibility index (Phi) is 4.62. The first-order valence-electron chi connectivity index (χ1n) is 5.44. The van der Waals surface area contributed by atoms with Gasteiger partial charge in [-0.3, -0.25) is 4.79 Å². The number of amides is 1. The van der Waals surface area contributed by atoms with E-state index in [2.05, 4.69) is 31.1 Å². The number of thiazole rings is 1. The molecule has 6 heteroatoms. The van der Waals surface area contributed by atoms with Crippen LogP contribution in [0, 0.1) is 0 Å². The van der Waals surface area contributed by atoms with E-state index in [1.807, 2.05) is 6.20 Å². The van der Waals surface area contributed by atoms with Gasteiger partial charge in [0, 0.05) is 29.6 Å². The molecule has 1 atom stereocenters. The van der Waals surface area contributed by atoms with Crippen molar-refractivity contribution in [2.75, 3.05) is 6.54 Å². The molecule has 1 aromatic heterocycles. The van der Waals surface area contributed by atoms with Crippen molar-refractivity contribution >= 4 is 17.2 Å². The molecular weight excluding hydrogens is 238 g/mol. The third-order valence-corrected chi connectivity index (χ3v) is 3.58. The molecule has 4 N–H and O–H groups in total. The summed E-state index contributed by atoms with van der Waals surface area (Å²) in [7, 11) is 0. The first-order valence-corrected chi connectivity index (χ1v) is 6.25. The molecule has 0 aliphatic carbocycles. The Bertz CT molecular complexity index is 384. The van der Waals surface area contributed by atoms with Gasteiger partial charge in [0.25, 0.3) is 0 Å². The minimum atomic E-state index is -1.13. The number of nitrogens with zero attached hydrogens (tertiary/aromatic N) is 1. The Labute approximate surface area is 105 Å². The molecule has 5 nitrogen and oxygen atoms in total. The minimum absolute atomic E-state index is 0.0512. The van der Waals surface area contributed by atoms with Gasteiger partial charge in [-0.05, 0) is 0 Å². The molecule has 17 heavy (non-hydrogen) atoms. The van der Waals surface area contributed by atoms with Gasteiger partial charge in [-0.15, -0.1) is 11.3 Å². The highest BCUT2D eigenvalue weighted by molar-refractivity contribution is 7.11. The second kappa shape index (κ2) is 5.57. The van der Waals surface area contributed by atoms with Crippen LogP contribution >= 0.6 is 11.3 Å². The zero-order chi connectivity index (χ0) is 13.1. The molecule has 0 saturated carbocycles. The van der Waals surface area contributed by atoms with E-state index in [0.717, 1.165) is 9.88 Å². The quantitative estimate of drug-likeness (QED) is 0.711. The van der Waals surface area contributed by atoms with Gasteiger partial charge in [0.1, 0.15) is 6.10 Å². The molecule has 1 rings (SSSR count). The Morgan fingerprint density at radius 2 is 2.29 bits per heavy atom. The maximum absolute atomic E-state index is 10.6. The molecule has 1 unspecified atom stereocenters. The van der Waals surface area contributed by atoms with Gasteiger partial charge in [-0.2, -0.15) is 0 Å². The fourth-order valence-electron chi connectivity index (χ4n) is 1.17. The SMILES string of the molecule is CC(C)(C)c1ncc(CNCC(O)C(N)=O)s1. The summed E-state index contributed by atoms with van der Waals surface area (Å²) in [4.78, 5) is 16.0. The van der Waals surface area contributed by atoms with E-state index in [-0.39, 0.29) is 12.0 Å². The van der Waals surface area contributed by atoms with Crippen LogP contribution < -0.4 is 11.1 Å². The molecule has 0 saturated heterocycles. The summed E-state index contributed by atoms with van der Waals surface area (Å²) in [5.41, 5.74) is 4.99. The van der Waals surface area contributed by atoms with Crippen molar-refractivity contribution in [3.63, 3.8) is 0 Å². The van der Waals surface area contributed by atoms with Crippen LogP contribution in [0.15, 0.2) is 6.20 Å². The van der Waals surface area contributed by atoms with Crippen molar-refractivity contribution in [2.45, 2.75) is 38.8 Å². The molecular formula is C11H19N3O2S. The summed E-state index contributed by atoms with van der Waals surface area (Å²) in [5, 5.41) is 13.2. The topological polar surface area (TPSA) is 88.2 Å². The van der Waals surface area contributed by atoms with Gasteiger partial charge in [0.15, 0.2) is 0 Å². The van der Waals surface area contributed by atoms with Crippen molar-refractivity contribution < 1.29 is 9.90 Å². The van der Waals surface area contributed by atoms with E-state index in [1.54, 1.807) is 11.3 Å². The van der Waals surface area contributed by atoms with Gasteiger partial charge in [-0.25, -0.2) is 4.98 Å². The van der Waals surface area contributed by atoms with Gasteiger partial charge < -0.3 is 16.2 Å². The highest BCUT2D eigenvalue weighted by Crippen LogP contribution is 2.26. The van der Waals surface area contributed by atoms with Crippen LogP contribution in [0.25, 0.3) is 0 Å². The molecule has 96 valence electrons. The number of aliphatic hydroxyl groups is 1.